The van der Waals surface area contributed by atoms with Gasteiger partial charge in [-0.05, 0) is 59.0 Å². The van der Waals surface area contributed by atoms with Crippen LogP contribution in [0, 0.1) is 11.8 Å². The fourth-order valence-corrected chi connectivity index (χ4v) is 5.59. The van der Waals surface area contributed by atoms with Gasteiger partial charge in [-0.1, -0.05) is 19.8 Å². The number of nitrogens with zero attached hydrogens (tertiary/aromatic N) is 6. The molecule has 1 aromatic carbocycles. The molecule has 3 N–H and O–H groups in total. The van der Waals surface area contributed by atoms with E-state index in [0.29, 0.717) is 34.7 Å². The van der Waals surface area contributed by atoms with Crippen molar-refractivity contribution >= 4 is 34.5 Å². The number of fused-ring (bicyclic) bond motifs is 1. The molecule has 1 atom stereocenters. The Hall–Kier alpha value is -4.56. The summed E-state index contributed by atoms with van der Waals surface area (Å²) in [4.78, 5) is 33.4. The van der Waals surface area contributed by atoms with Gasteiger partial charge in [-0.3, -0.25) is 0 Å². The second-order valence-electron chi connectivity index (χ2n) is 11.9. The van der Waals surface area contributed by atoms with E-state index >= 15 is 0 Å². The van der Waals surface area contributed by atoms with Crippen LogP contribution in [0.15, 0.2) is 36.8 Å². The highest BCUT2D eigenvalue weighted by Crippen LogP contribution is 2.49. The van der Waals surface area contributed by atoms with Gasteiger partial charge in [0.2, 0.25) is 0 Å². The zero-order valence-electron chi connectivity index (χ0n) is 26.1. The van der Waals surface area contributed by atoms with E-state index in [1.54, 1.807) is 27.9 Å². The fraction of sp³-hybridized carbons (Fsp3) is 0.438. The smallest absolute Gasteiger partial charge is 0.343 e. The Morgan fingerprint density at radius 1 is 1.21 bits per heavy atom. The summed E-state index contributed by atoms with van der Waals surface area (Å²) < 4.78 is 11.4. The molecule has 43 heavy (non-hydrogen) atoms. The van der Waals surface area contributed by atoms with Crippen molar-refractivity contribution in [2.75, 3.05) is 55.1 Å². The summed E-state index contributed by atoms with van der Waals surface area (Å²) in [5, 5.41) is 3.68. The van der Waals surface area contributed by atoms with Crippen molar-refractivity contribution in [1.82, 2.24) is 19.9 Å². The number of hydrogen-bond acceptors (Lipinski definition) is 11. The van der Waals surface area contributed by atoms with Gasteiger partial charge in [0, 0.05) is 36.8 Å². The molecule has 5 rings (SSSR count). The lowest BCUT2D eigenvalue weighted by Gasteiger charge is -2.45. The van der Waals surface area contributed by atoms with Crippen molar-refractivity contribution in [3.8, 4) is 17.6 Å². The number of aromatic nitrogens is 3. The van der Waals surface area contributed by atoms with Gasteiger partial charge in [0.15, 0.2) is 5.82 Å². The monoisotopic (exact) mass is 584 g/mol. The Morgan fingerprint density at radius 2 is 1.95 bits per heavy atom. The summed E-state index contributed by atoms with van der Waals surface area (Å²) in [5.74, 6) is 6.54. The maximum atomic E-state index is 13.2. The summed E-state index contributed by atoms with van der Waals surface area (Å²) in [7, 11) is 5.82. The van der Waals surface area contributed by atoms with Gasteiger partial charge < -0.3 is 35.2 Å². The highest BCUT2D eigenvalue weighted by Gasteiger charge is 2.49. The van der Waals surface area contributed by atoms with Crippen LogP contribution in [0.5, 0.6) is 5.75 Å². The number of carbonyl (C=O) groups is 1. The number of nitrogens with two attached hydrogens (primary N) is 1. The lowest BCUT2D eigenvalue weighted by molar-refractivity contribution is 0.0377. The fourth-order valence-electron chi connectivity index (χ4n) is 5.59. The number of likely N-dealkylation sites (N-methyl/N-ethyl adjacent to an activating group) is 1. The van der Waals surface area contributed by atoms with Crippen molar-refractivity contribution in [3.05, 3.63) is 53.7 Å². The third-order valence-corrected chi connectivity index (χ3v) is 8.00. The molecule has 3 aromatic rings. The van der Waals surface area contributed by atoms with Crippen LogP contribution in [0.4, 0.5) is 28.6 Å². The van der Waals surface area contributed by atoms with E-state index < -0.39 is 17.6 Å². The van der Waals surface area contributed by atoms with Crippen LogP contribution >= 0.6 is 0 Å². The number of benzene rings is 1. The van der Waals surface area contributed by atoms with Gasteiger partial charge in [0.05, 0.1) is 41.7 Å². The van der Waals surface area contributed by atoms with E-state index in [2.05, 4.69) is 64.9 Å². The number of esters is 1. The number of hydrogen-bond donors (Lipinski definition) is 2. The Bertz CT molecular complexity index is 1590. The maximum Gasteiger partial charge on any atom is 0.343 e. The number of nitrogens with one attached hydrogen (secondary N) is 1. The second-order valence-corrected chi connectivity index (χ2v) is 11.9. The lowest BCUT2D eigenvalue weighted by Crippen LogP contribution is -2.57. The number of methoxy groups -OCH3 is 1. The molecule has 4 heterocycles. The quantitative estimate of drug-likeness (QED) is 0.227. The van der Waals surface area contributed by atoms with Gasteiger partial charge in [-0.25, -0.2) is 19.7 Å². The molecule has 1 unspecified atom stereocenters. The van der Waals surface area contributed by atoms with Crippen LogP contribution in [0.25, 0.3) is 0 Å². The molecule has 1 saturated heterocycles. The molecule has 226 valence electrons. The molecule has 0 radical (unpaired) electrons. The first-order valence-corrected chi connectivity index (χ1v) is 14.4. The zero-order chi connectivity index (χ0) is 31.1. The summed E-state index contributed by atoms with van der Waals surface area (Å²) >= 11 is 0. The molecule has 1 fully saturated rings. The summed E-state index contributed by atoms with van der Waals surface area (Å²) in [6.45, 7) is 11.4. The first-order valence-electron chi connectivity index (χ1n) is 14.4. The molecule has 2 aromatic heterocycles. The van der Waals surface area contributed by atoms with Crippen LogP contribution in [0.3, 0.4) is 0 Å². The van der Waals surface area contributed by atoms with Crippen molar-refractivity contribution < 1.29 is 14.3 Å². The Balaban J connectivity index is 1.60. The normalized spacial score (nSPS) is 17.3. The van der Waals surface area contributed by atoms with Crippen molar-refractivity contribution in [3.63, 3.8) is 0 Å². The SMILES string of the molecule is CC#Cc1ccc2c(n1)C(C)(C)C(Nc1cc(N)c(N3CC(N(C)C)C3)cc1OC)N2c1ncncc1C(=O)OC(C)C. The molecular weight excluding hydrogens is 544 g/mol. The van der Waals surface area contributed by atoms with Gasteiger partial charge in [0.1, 0.15) is 29.5 Å². The predicted octanol–water partition coefficient (Wildman–Crippen LogP) is 4.02. The Kier molecular flexibility index (Phi) is 8.08. The van der Waals surface area contributed by atoms with Crippen LogP contribution in [-0.2, 0) is 10.2 Å². The summed E-state index contributed by atoms with van der Waals surface area (Å²) in [6, 6.07) is 8.20. The number of carbonyl (C=O) groups excluding carboxylic acids is 1. The Labute approximate surface area is 253 Å². The minimum absolute atomic E-state index is 0.249. The number of pyridine rings is 1. The largest absolute Gasteiger partial charge is 0.495 e. The van der Waals surface area contributed by atoms with E-state index in [1.165, 1.54) is 12.5 Å². The zero-order valence-corrected chi connectivity index (χ0v) is 26.1. The standard InChI is InChI=1S/C32H40N8O3/c1-9-10-20-11-12-25-28(36-20)32(4,5)31(40(25)29-22(15-34-18-35-29)30(41)43-19(2)3)37-24-13-23(33)26(14-27(24)42-8)39-16-21(17-39)38(6)7/h11-15,18-19,21,31,37H,16-17,33H2,1-8H3. The molecule has 0 bridgehead atoms. The average molecular weight is 585 g/mol. The lowest BCUT2D eigenvalue weighted by atomic mass is 9.87. The van der Waals surface area contributed by atoms with Crippen LogP contribution in [-0.4, -0.2) is 78.4 Å². The first kappa shape index (κ1) is 29.9. The third kappa shape index (κ3) is 5.50. The predicted molar refractivity (Wildman–Crippen MR) is 169 cm³/mol. The first-order chi connectivity index (χ1) is 20.5. The maximum absolute atomic E-state index is 13.2. The van der Waals surface area contributed by atoms with Crippen molar-refractivity contribution in [2.45, 2.75) is 58.3 Å². The average Bonchev–Trinajstić information content (AvgIpc) is 3.14. The molecule has 2 aliphatic heterocycles. The van der Waals surface area contributed by atoms with Crippen LogP contribution in [0.2, 0.25) is 0 Å². The van der Waals surface area contributed by atoms with E-state index in [-0.39, 0.29) is 11.7 Å². The summed E-state index contributed by atoms with van der Waals surface area (Å²) in [6.07, 6.45) is 2.15. The molecule has 0 saturated carbocycles. The minimum atomic E-state index is -0.584. The number of ether oxygens (including phenoxy) is 2. The van der Waals surface area contributed by atoms with Gasteiger partial charge in [0.25, 0.3) is 0 Å². The second kappa shape index (κ2) is 11.6. The molecule has 0 aliphatic carbocycles. The molecule has 11 heteroatoms. The minimum Gasteiger partial charge on any atom is -0.495 e. The number of rotatable bonds is 8. The van der Waals surface area contributed by atoms with E-state index in [1.807, 2.05) is 29.2 Å². The molecule has 0 spiro atoms. The number of anilines is 5. The molecule has 0 amide bonds. The topological polar surface area (TPSA) is 122 Å². The van der Waals surface area contributed by atoms with E-state index in [9.17, 15) is 4.79 Å². The van der Waals surface area contributed by atoms with Crippen molar-refractivity contribution in [1.29, 1.82) is 0 Å². The highest BCUT2D eigenvalue weighted by atomic mass is 16.5. The third-order valence-electron chi connectivity index (χ3n) is 8.00. The van der Waals surface area contributed by atoms with Gasteiger partial charge in [-0.15, -0.1) is 0 Å². The van der Waals surface area contributed by atoms with Gasteiger partial charge in [-0.2, -0.15) is 0 Å². The Morgan fingerprint density at radius 3 is 2.60 bits per heavy atom. The summed E-state index contributed by atoms with van der Waals surface area (Å²) in [5.41, 5.74) is 10.9. The van der Waals surface area contributed by atoms with Gasteiger partial charge >= 0.3 is 5.97 Å². The highest BCUT2D eigenvalue weighted by molar-refractivity contribution is 5.96. The van der Waals surface area contributed by atoms with E-state index in [0.717, 1.165) is 30.2 Å². The molecule has 11 nitrogen and oxygen atoms in total. The van der Waals surface area contributed by atoms with Crippen molar-refractivity contribution in [2.24, 2.45) is 0 Å². The van der Waals surface area contributed by atoms with Crippen LogP contribution < -0.4 is 25.6 Å². The molecular formula is C32H40N8O3. The van der Waals surface area contributed by atoms with Crippen LogP contribution in [0.1, 0.15) is 56.4 Å². The van der Waals surface area contributed by atoms with E-state index in [4.69, 9.17) is 20.2 Å². The molecule has 2 aliphatic rings. The number of nitrogen functional groups attached to an aromatic ring is 1.